The molecule has 0 bridgehead atoms. The maximum atomic E-state index is 13.2. The second-order valence-electron chi connectivity index (χ2n) is 8.27. The van der Waals surface area contributed by atoms with E-state index in [9.17, 15) is 8.42 Å². The van der Waals surface area contributed by atoms with Crippen LogP contribution in [-0.2, 0) is 10.0 Å². The van der Waals surface area contributed by atoms with E-state index in [1.807, 2.05) is 67.5 Å². The fourth-order valence-corrected chi connectivity index (χ4v) is 5.69. The van der Waals surface area contributed by atoms with E-state index >= 15 is 0 Å². The maximum Gasteiger partial charge on any atom is 0.241 e. The zero-order valence-electron chi connectivity index (χ0n) is 18.0. The van der Waals surface area contributed by atoms with Crippen LogP contribution in [0.5, 0.6) is 0 Å². The molecule has 4 aromatic carbocycles. The third-order valence-electron chi connectivity index (χ3n) is 6.01. The van der Waals surface area contributed by atoms with Crippen molar-refractivity contribution in [3.05, 3.63) is 102 Å². The monoisotopic (exact) mass is 443 g/mol. The minimum atomic E-state index is -3.70. The van der Waals surface area contributed by atoms with Crippen molar-refractivity contribution < 1.29 is 8.42 Å². The van der Waals surface area contributed by atoms with Crippen LogP contribution in [0.15, 0.2) is 95.9 Å². The summed E-state index contributed by atoms with van der Waals surface area (Å²) in [5.74, 6) is 0. The van der Waals surface area contributed by atoms with Gasteiger partial charge in [-0.3, -0.25) is 0 Å². The molecule has 0 aromatic heterocycles. The first kappa shape index (κ1) is 20.5. The van der Waals surface area contributed by atoms with E-state index in [0.717, 1.165) is 33.3 Å². The van der Waals surface area contributed by atoms with Crippen molar-refractivity contribution in [3.63, 3.8) is 0 Å². The lowest BCUT2D eigenvalue weighted by molar-refractivity contribution is 0.534. The van der Waals surface area contributed by atoms with Crippen molar-refractivity contribution in [3.8, 4) is 0 Å². The Morgan fingerprint density at radius 2 is 1.34 bits per heavy atom. The minimum Gasteiger partial charge on any atom is -0.378 e. The SMILES string of the molecule is CN(C)c1ccc(NC2c3cccc4cccc(c34)C2NS(=O)(=O)c2ccccc2)cc1. The molecule has 6 heteroatoms. The summed E-state index contributed by atoms with van der Waals surface area (Å²) in [5.41, 5.74) is 4.12. The molecule has 0 saturated carbocycles. The van der Waals surface area contributed by atoms with Gasteiger partial charge in [0.25, 0.3) is 0 Å². The molecule has 2 unspecified atom stereocenters. The predicted molar refractivity (Wildman–Crippen MR) is 131 cm³/mol. The van der Waals surface area contributed by atoms with E-state index in [0.29, 0.717) is 0 Å². The molecule has 0 radical (unpaired) electrons. The summed E-state index contributed by atoms with van der Waals surface area (Å²) < 4.78 is 29.4. The maximum absolute atomic E-state index is 13.2. The molecule has 1 aliphatic rings. The van der Waals surface area contributed by atoms with Gasteiger partial charge in [-0.05, 0) is 58.3 Å². The van der Waals surface area contributed by atoms with Gasteiger partial charge >= 0.3 is 0 Å². The van der Waals surface area contributed by atoms with Gasteiger partial charge in [-0.1, -0.05) is 54.6 Å². The fraction of sp³-hybridized carbons (Fsp3) is 0.154. The number of sulfonamides is 1. The first-order chi connectivity index (χ1) is 15.4. The van der Waals surface area contributed by atoms with Crippen LogP contribution in [0.3, 0.4) is 0 Å². The van der Waals surface area contributed by atoms with Gasteiger partial charge in [0.15, 0.2) is 0 Å². The Morgan fingerprint density at radius 1 is 0.719 bits per heavy atom. The largest absolute Gasteiger partial charge is 0.378 e. The van der Waals surface area contributed by atoms with Gasteiger partial charge in [-0.25, -0.2) is 13.1 Å². The smallest absolute Gasteiger partial charge is 0.241 e. The Labute approximate surface area is 188 Å². The number of hydrogen-bond donors (Lipinski definition) is 2. The van der Waals surface area contributed by atoms with Gasteiger partial charge in [0, 0.05) is 25.5 Å². The first-order valence-corrected chi connectivity index (χ1v) is 12.1. The van der Waals surface area contributed by atoms with Gasteiger partial charge in [0.05, 0.1) is 17.0 Å². The van der Waals surface area contributed by atoms with Gasteiger partial charge in [-0.2, -0.15) is 0 Å². The quantitative estimate of drug-likeness (QED) is 0.436. The van der Waals surface area contributed by atoms with Crippen molar-refractivity contribution in [2.24, 2.45) is 0 Å². The lowest BCUT2D eigenvalue weighted by Gasteiger charge is -2.25. The Balaban J connectivity index is 1.56. The van der Waals surface area contributed by atoms with Crippen LogP contribution in [0.2, 0.25) is 0 Å². The summed E-state index contributed by atoms with van der Waals surface area (Å²) in [5, 5.41) is 5.81. The molecule has 0 amide bonds. The van der Waals surface area contributed by atoms with Crippen molar-refractivity contribution >= 4 is 32.2 Å². The molecule has 0 saturated heterocycles. The number of nitrogens with zero attached hydrogens (tertiary/aromatic N) is 1. The zero-order chi connectivity index (χ0) is 22.3. The van der Waals surface area contributed by atoms with Gasteiger partial charge in [0.1, 0.15) is 0 Å². The van der Waals surface area contributed by atoms with Crippen molar-refractivity contribution in [2.75, 3.05) is 24.3 Å². The predicted octanol–water partition coefficient (Wildman–Crippen LogP) is 5.09. The molecule has 0 spiro atoms. The van der Waals surface area contributed by atoms with Crippen LogP contribution >= 0.6 is 0 Å². The Kier molecular flexibility index (Phi) is 5.12. The molecule has 32 heavy (non-hydrogen) atoms. The van der Waals surface area contributed by atoms with E-state index in [1.54, 1.807) is 24.3 Å². The molecule has 0 aliphatic heterocycles. The van der Waals surface area contributed by atoms with E-state index in [2.05, 4.69) is 28.2 Å². The number of hydrogen-bond acceptors (Lipinski definition) is 4. The summed E-state index contributed by atoms with van der Waals surface area (Å²) in [7, 11) is 0.312. The van der Waals surface area contributed by atoms with Gasteiger partial charge < -0.3 is 10.2 Å². The fourth-order valence-electron chi connectivity index (χ4n) is 4.44. The zero-order valence-corrected chi connectivity index (χ0v) is 18.8. The minimum absolute atomic E-state index is 0.236. The molecule has 5 rings (SSSR count). The average Bonchev–Trinajstić information content (AvgIpc) is 3.09. The van der Waals surface area contributed by atoms with Crippen LogP contribution in [0.4, 0.5) is 11.4 Å². The topological polar surface area (TPSA) is 61.4 Å². The first-order valence-electron chi connectivity index (χ1n) is 10.6. The summed E-state index contributed by atoms with van der Waals surface area (Å²) in [4.78, 5) is 2.31. The number of anilines is 2. The molecular formula is C26H25N3O2S. The lowest BCUT2D eigenvalue weighted by Crippen LogP contribution is -2.33. The standard InChI is InChI=1S/C26H25N3O2S/c1-29(2)20-16-14-19(15-17-20)27-25-22-12-6-8-18-9-7-13-23(24(18)22)26(25)28-32(30,31)21-10-4-3-5-11-21/h3-17,25-28H,1-2H3. The Hall–Kier alpha value is -3.35. The normalized spacial score (nSPS) is 17.4. The van der Waals surface area contributed by atoms with Gasteiger partial charge in [-0.15, -0.1) is 0 Å². The third-order valence-corrected chi connectivity index (χ3v) is 7.47. The number of rotatable bonds is 6. The second-order valence-corrected chi connectivity index (χ2v) is 9.98. The highest BCUT2D eigenvalue weighted by atomic mass is 32.2. The third kappa shape index (κ3) is 3.61. The van der Waals surface area contributed by atoms with E-state index in [-0.39, 0.29) is 10.9 Å². The summed E-state index contributed by atoms with van der Waals surface area (Å²) in [6.45, 7) is 0. The summed E-state index contributed by atoms with van der Waals surface area (Å²) in [6, 6.07) is 28.3. The molecule has 0 fully saturated rings. The summed E-state index contributed by atoms with van der Waals surface area (Å²) >= 11 is 0. The highest BCUT2D eigenvalue weighted by Gasteiger charge is 2.37. The molecule has 4 aromatic rings. The van der Waals surface area contributed by atoms with Crippen molar-refractivity contribution in [1.82, 2.24) is 4.72 Å². The van der Waals surface area contributed by atoms with E-state index in [1.165, 1.54) is 0 Å². The Bertz CT molecular complexity index is 1360. The summed E-state index contributed by atoms with van der Waals surface area (Å²) in [6.07, 6.45) is 0. The van der Waals surface area contributed by atoms with Crippen LogP contribution in [0.1, 0.15) is 23.2 Å². The van der Waals surface area contributed by atoms with Crippen LogP contribution in [0, 0.1) is 0 Å². The van der Waals surface area contributed by atoms with Crippen LogP contribution in [0.25, 0.3) is 10.8 Å². The molecule has 2 atom stereocenters. The van der Waals surface area contributed by atoms with Crippen molar-refractivity contribution in [2.45, 2.75) is 17.0 Å². The van der Waals surface area contributed by atoms with Gasteiger partial charge in [0.2, 0.25) is 10.0 Å². The molecule has 1 aliphatic carbocycles. The van der Waals surface area contributed by atoms with Crippen LogP contribution in [-0.4, -0.2) is 22.5 Å². The van der Waals surface area contributed by atoms with Crippen LogP contribution < -0.4 is 14.9 Å². The van der Waals surface area contributed by atoms with E-state index < -0.39 is 16.1 Å². The molecule has 2 N–H and O–H groups in total. The molecule has 0 heterocycles. The molecule has 5 nitrogen and oxygen atoms in total. The highest BCUT2D eigenvalue weighted by molar-refractivity contribution is 7.89. The lowest BCUT2D eigenvalue weighted by atomic mass is 10.0. The highest BCUT2D eigenvalue weighted by Crippen LogP contribution is 2.46. The average molecular weight is 444 g/mol. The number of nitrogens with one attached hydrogen (secondary N) is 2. The molecular weight excluding hydrogens is 418 g/mol. The Morgan fingerprint density at radius 3 is 1.97 bits per heavy atom. The second kappa shape index (κ2) is 7.97. The van der Waals surface area contributed by atoms with Crippen molar-refractivity contribution in [1.29, 1.82) is 0 Å². The van der Waals surface area contributed by atoms with E-state index in [4.69, 9.17) is 0 Å². The molecule has 162 valence electrons. The number of benzene rings is 4.